The molecule has 0 unspecified atom stereocenters. The molecule has 3 nitrogen and oxygen atoms in total. The van der Waals surface area contributed by atoms with Crippen LogP contribution in [0.25, 0.3) is 10.9 Å². The molecule has 0 radical (unpaired) electrons. The summed E-state index contributed by atoms with van der Waals surface area (Å²) in [4.78, 5) is 13.8. The normalized spacial score (nSPS) is 9.54. The Labute approximate surface area is 81.3 Å². The van der Waals surface area contributed by atoms with E-state index in [1.807, 2.05) is 24.3 Å². The van der Waals surface area contributed by atoms with Crippen LogP contribution in [0.5, 0.6) is 0 Å². The Balaban J connectivity index is 0.000000845. The van der Waals surface area contributed by atoms with Crippen molar-refractivity contribution in [3.63, 3.8) is 0 Å². The first-order valence-corrected chi connectivity index (χ1v) is 3.65. The van der Waals surface area contributed by atoms with Crippen molar-refractivity contribution in [2.45, 2.75) is 0 Å². The van der Waals surface area contributed by atoms with Crippen molar-refractivity contribution in [1.29, 1.82) is 0 Å². The van der Waals surface area contributed by atoms with Crippen LogP contribution in [0.4, 0.5) is 0 Å². The molecular weight excluding hydrogens is 188 g/mol. The van der Waals surface area contributed by atoms with Crippen LogP contribution in [0.1, 0.15) is 10.4 Å². The zero-order valence-electron chi connectivity index (χ0n) is 6.78. The van der Waals surface area contributed by atoms with Gasteiger partial charge in [-0.2, -0.15) is 0 Å². The number of nitrogens with one attached hydrogen (secondary N) is 1. The number of amides is 1. The molecule has 4 heteroatoms. The zero-order valence-corrected chi connectivity index (χ0v) is 7.60. The molecule has 1 heterocycles. The van der Waals surface area contributed by atoms with Crippen LogP contribution in [-0.2, 0) is 0 Å². The van der Waals surface area contributed by atoms with E-state index < -0.39 is 5.91 Å². The van der Waals surface area contributed by atoms with Crippen molar-refractivity contribution in [2.24, 2.45) is 5.73 Å². The lowest BCUT2D eigenvalue weighted by molar-refractivity contribution is 0.100. The van der Waals surface area contributed by atoms with Gasteiger partial charge >= 0.3 is 0 Å². The summed E-state index contributed by atoms with van der Waals surface area (Å²) in [5.74, 6) is -0.396. The van der Waals surface area contributed by atoms with Crippen molar-refractivity contribution in [3.05, 3.63) is 36.0 Å². The van der Waals surface area contributed by atoms with Crippen LogP contribution in [-0.4, -0.2) is 10.9 Å². The molecule has 0 saturated carbocycles. The summed E-state index contributed by atoms with van der Waals surface area (Å²) in [7, 11) is 0. The van der Waals surface area contributed by atoms with Gasteiger partial charge in [0.1, 0.15) is 0 Å². The lowest BCUT2D eigenvalue weighted by Gasteiger charge is -1.90. The predicted octanol–water partition coefficient (Wildman–Crippen LogP) is 1.69. The van der Waals surface area contributed by atoms with Gasteiger partial charge in [-0.3, -0.25) is 4.79 Å². The van der Waals surface area contributed by atoms with Crippen LogP contribution in [0.15, 0.2) is 30.5 Å². The second-order valence-electron chi connectivity index (χ2n) is 2.61. The number of primary amides is 1. The quantitative estimate of drug-likeness (QED) is 0.717. The molecule has 1 aromatic heterocycles. The molecule has 1 aromatic carbocycles. The van der Waals surface area contributed by atoms with Gasteiger partial charge in [-0.05, 0) is 6.07 Å². The number of rotatable bonds is 1. The van der Waals surface area contributed by atoms with Gasteiger partial charge in [-0.1, -0.05) is 18.2 Å². The minimum Gasteiger partial charge on any atom is -0.366 e. The summed E-state index contributed by atoms with van der Waals surface area (Å²) in [6.45, 7) is 0. The van der Waals surface area contributed by atoms with Gasteiger partial charge in [0.05, 0.1) is 5.56 Å². The smallest absolute Gasteiger partial charge is 0.250 e. The Morgan fingerprint density at radius 1 is 1.31 bits per heavy atom. The van der Waals surface area contributed by atoms with Gasteiger partial charge in [0.2, 0.25) is 0 Å². The van der Waals surface area contributed by atoms with E-state index in [0.717, 1.165) is 10.9 Å². The van der Waals surface area contributed by atoms with Crippen molar-refractivity contribution in [2.75, 3.05) is 0 Å². The third-order valence-corrected chi connectivity index (χ3v) is 1.85. The number of carbonyl (C=O) groups is 1. The highest BCUT2D eigenvalue weighted by molar-refractivity contribution is 6.05. The molecule has 0 aliphatic heterocycles. The van der Waals surface area contributed by atoms with E-state index in [1.54, 1.807) is 6.20 Å². The molecule has 0 bridgehead atoms. The Morgan fingerprint density at radius 2 is 2.00 bits per heavy atom. The van der Waals surface area contributed by atoms with E-state index in [2.05, 4.69) is 4.98 Å². The predicted molar refractivity (Wildman–Crippen MR) is 54.1 cm³/mol. The number of aromatic nitrogens is 1. The fraction of sp³-hybridized carbons (Fsp3) is 0. The minimum absolute atomic E-state index is 0. The Kier molecular flexibility index (Phi) is 2.58. The van der Waals surface area contributed by atoms with Crippen LogP contribution in [0.2, 0.25) is 0 Å². The SMILES string of the molecule is Cl.NC(=O)c1c[nH]c2ccccc12. The highest BCUT2D eigenvalue weighted by Gasteiger charge is 2.06. The maximum absolute atomic E-state index is 10.9. The third-order valence-electron chi connectivity index (χ3n) is 1.85. The summed E-state index contributed by atoms with van der Waals surface area (Å²) in [5, 5.41) is 0.880. The number of hydrogen-bond donors (Lipinski definition) is 2. The van der Waals surface area contributed by atoms with Crippen LogP contribution >= 0.6 is 12.4 Å². The van der Waals surface area contributed by atoms with Crippen LogP contribution < -0.4 is 5.73 Å². The summed E-state index contributed by atoms with van der Waals surface area (Å²) < 4.78 is 0. The average molecular weight is 197 g/mol. The van der Waals surface area contributed by atoms with Gasteiger partial charge in [0, 0.05) is 17.1 Å². The fourth-order valence-corrected chi connectivity index (χ4v) is 1.28. The zero-order chi connectivity index (χ0) is 8.55. The maximum Gasteiger partial charge on any atom is 0.250 e. The van der Waals surface area contributed by atoms with Crippen LogP contribution in [0, 0.1) is 0 Å². The summed E-state index contributed by atoms with van der Waals surface area (Å²) in [6.07, 6.45) is 1.63. The summed E-state index contributed by atoms with van der Waals surface area (Å²) in [6, 6.07) is 7.56. The minimum atomic E-state index is -0.396. The Hall–Kier alpha value is -1.48. The van der Waals surface area contributed by atoms with Gasteiger partial charge < -0.3 is 10.7 Å². The summed E-state index contributed by atoms with van der Waals surface area (Å²) in [5.41, 5.74) is 6.65. The first-order chi connectivity index (χ1) is 5.79. The molecule has 68 valence electrons. The first-order valence-electron chi connectivity index (χ1n) is 3.65. The number of nitrogens with two attached hydrogens (primary N) is 1. The molecule has 1 amide bonds. The number of fused-ring (bicyclic) bond motifs is 1. The lowest BCUT2D eigenvalue weighted by Crippen LogP contribution is -2.09. The van der Waals surface area contributed by atoms with Crippen molar-refractivity contribution in [3.8, 4) is 0 Å². The number of aromatic amines is 1. The van der Waals surface area contributed by atoms with Gasteiger partial charge in [-0.25, -0.2) is 0 Å². The third kappa shape index (κ3) is 1.51. The second kappa shape index (κ2) is 3.49. The molecule has 3 N–H and O–H groups in total. The van der Waals surface area contributed by atoms with E-state index in [9.17, 15) is 4.79 Å². The highest BCUT2D eigenvalue weighted by Crippen LogP contribution is 2.16. The van der Waals surface area contributed by atoms with Crippen LogP contribution in [0.3, 0.4) is 0 Å². The molecule has 0 aliphatic rings. The molecule has 0 fully saturated rings. The highest BCUT2D eigenvalue weighted by atomic mass is 35.5. The monoisotopic (exact) mass is 196 g/mol. The molecule has 2 rings (SSSR count). The lowest BCUT2D eigenvalue weighted by atomic mass is 10.2. The van der Waals surface area contributed by atoms with Crippen molar-refractivity contribution < 1.29 is 4.79 Å². The number of hydrogen-bond acceptors (Lipinski definition) is 1. The number of halogens is 1. The van der Waals surface area contributed by atoms with Gasteiger partial charge in [-0.15, -0.1) is 12.4 Å². The fourth-order valence-electron chi connectivity index (χ4n) is 1.28. The molecule has 0 spiro atoms. The number of para-hydroxylation sites is 1. The van der Waals surface area contributed by atoms with Gasteiger partial charge in [0.25, 0.3) is 5.91 Å². The molecule has 0 aliphatic carbocycles. The number of carbonyl (C=O) groups excluding carboxylic acids is 1. The van der Waals surface area contributed by atoms with E-state index in [4.69, 9.17) is 5.73 Å². The Morgan fingerprint density at radius 3 is 2.69 bits per heavy atom. The molecule has 2 aromatic rings. The van der Waals surface area contributed by atoms with E-state index >= 15 is 0 Å². The topological polar surface area (TPSA) is 58.9 Å². The molecule has 0 saturated heterocycles. The summed E-state index contributed by atoms with van der Waals surface area (Å²) >= 11 is 0. The molecular formula is C9H9ClN2O. The Bertz CT molecular complexity index is 436. The average Bonchev–Trinajstić information content (AvgIpc) is 2.47. The number of H-pyrrole nitrogens is 1. The van der Waals surface area contributed by atoms with Gasteiger partial charge in [0.15, 0.2) is 0 Å². The van der Waals surface area contributed by atoms with E-state index in [1.165, 1.54) is 0 Å². The largest absolute Gasteiger partial charge is 0.366 e. The maximum atomic E-state index is 10.9. The van der Waals surface area contributed by atoms with Crippen molar-refractivity contribution in [1.82, 2.24) is 4.98 Å². The standard InChI is InChI=1S/C9H8N2O.ClH/c10-9(12)7-5-11-8-4-2-1-3-6(7)8;/h1-5,11H,(H2,10,12);1H. The first kappa shape index (κ1) is 9.61. The van der Waals surface area contributed by atoms with E-state index in [0.29, 0.717) is 5.56 Å². The van der Waals surface area contributed by atoms with Crippen molar-refractivity contribution >= 4 is 29.2 Å². The molecule has 13 heavy (non-hydrogen) atoms. The second-order valence-corrected chi connectivity index (χ2v) is 2.61. The number of benzene rings is 1. The molecule has 0 atom stereocenters. The van der Waals surface area contributed by atoms with E-state index in [-0.39, 0.29) is 12.4 Å².